The van der Waals surface area contributed by atoms with Crippen LogP contribution >= 0.6 is 11.6 Å². The number of benzene rings is 1. The second-order valence-electron chi connectivity index (χ2n) is 6.40. The van der Waals surface area contributed by atoms with Crippen molar-refractivity contribution >= 4 is 17.8 Å². The van der Waals surface area contributed by atoms with Crippen LogP contribution in [-0.2, 0) is 16.6 Å². The zero-order chi connectivity index (χ0) is 17.6. The predicted octanol–water partition coefficient (Wildman–Crippen LogP) is 4.57. The van der Waals surface area contributed by atoms with Crippen LogP contribution in [0.3, 0.4) is 0 Å². The van der Waals surface area contributed by atoms with Gasteiger partial charge in [-0.2, -0.15) is 13.2 Å². The van der Waals surface area contributed by atoms with Crippen molar-refractivity contribution in [2.24, 2.45) is 0 Å². The Bertz CT molecular complexity index is 622. The molecular weight excluding hydrogens is 337 g/mol. The van der Waals surface area contributed by atoms with Gasteiger partial charge < -0.3 is 14.6 Å². The molecule has 0 aliphatic carbocycles. The number of alkyl halides is 3. The highest BCUT2D eigenvalue weighted by Gasteiger charge is 2.51. The van der Waals surface area contributed by atoms with Crippen molar-refractivity contribution in [3.05, 3.63) is 28.3 Å². The van der Waals surface area contributed by atoms with Crippen molar-refractivity contribution in [2.45, 2.75) is 51.0 Å². The molecule has 1 aromatic carbocycles. The molecule has 8 heteroatoms. The first kappa shape index (κ1) is 17.7. The number of carboxylic acid groups (broad SMARTS) is 1. The Morgan fingerprint density at radius 1 is 1.35 bits per heavy atom. The summed E-state index contributed by atoms with van der Waals surface area (Å²) in [7, 11) is 0. The van der Waals surface area contributed by atoms with Gasteiger partial charge in [0.05, 0.1) is 0 Å². The third-order valence-electron chi connectivity index (χ3n) is 3.55. The molecule has 1 aromatic rings. The van der Waals surface area contributed by atoms with Gasteiger partial charge in [-0.1, -0.05) is 32.4 Å². The van der Waals surface area contributed by atoms with E-state index in [-0.39, 0.29) is 17.6 Å². The van der Waals surface area contributed by atoms with Gasteiger partial charge in [0, 0.05) is 11.4 Å². The van der Waals surface area contributed by atoms with E-state index in [2.05, 4.69) is 4.74 Å². The highest BCUT2D eigenvalue weighted by atomic mass is 35.5. The quantitative estimate of drug-likeness (QED) is 0.752. The monoisotopic (exact) mass is 352 g/mol. The maximum Gasteiger partial charge on any atom is 0.506 e. The average Bonchev–Trinajstić information content (AvgIpc) is 2.33. The molecule has 0 radical (unpaired) electrons. The molecule has 2 rings (SSSR count). The van der Waals surface area contributed by atoms with Crippen LogP contribution in [0.25, 0.3) is 0 Å². The zero-order valence-corrected chi connectivity index (χ0v) is 13.5. The summed E-state index contributed by atoms with van der Waals surface area (Å²) in [5.41, 5.74) is 0.656. The fourth-order valence-electron chi connectivity index (χ4n) is 2.49. The summed E-state index contributed by atoms with van der Waals surface area (Å²) in [6, 6.07) is 2.98. The van der Waals surface area contributed by atoms with Crippen LogP contribution in [-0.4, -0.2) is 29.6 Å². The lowest BCUT2D eigenvalue weighted by Gasteiger charge is -2.34. The summed E-state index contributed by atoms with van der Waals surface area (Å²) in [5.74, 6) is 0.0480. The SMILES string of the molecule is CC(C)(C)c1cc2c(cc1Cl)C[C@@H](OC(=O)O)[C@@H](C(F)(F)F)O2. The molecule has 1 aliphatic heterocycles. The van der Waals surface area contributed by atoms with Gasteiger partial charge >= 0.3 is 12.3 Å². The molecule has 0 bridgehead atoms. The van der Waals surface area contributed by atoms with Crippen LogP contribution in [0.2, 0.25) is 5.02 Å². The lowest BCUT2D eigenvalue weighted by molar-refractivity contribution is -0.225. The van der Waals surface area contributed by atoms with E-state index in [1.807, 2.05) is 20.8 Å². The molecule has 2 atom stereocenters. The predicted molar refractivity (Wildman–Crippen MR) is 77.2 cm³/mol. The van der Waals surface area contributed by atoms with Crippen molar-refractivity contribution in [2.75, 3.05) is 0 Å². The maximum absolute atomic E-state index is 13.1. The van der Waals surface area contributed by atoms with Crippen molar-refractivity contribution in [3.8, 4) is 5.75 Å². The van der Waals surface area contributed by atoms with Crippen molar-refractivity contribution in [1.82, 2.24) is 0 Å². The van der Waals surface area contributed by atoms with E-state index >= 15 is 0 Å². The molecular formula is C15H16ClF3O4. The van der Waals surface area contributed by atoms with E-state index in [0.29, 0.717) is 16.1 Å². The summed E-state index contributed by atoms with van der Waals surface area (Å²) in [5, 5.41) is 9.02. The Balaban J connectivity index is 2.46. The summed E-state index contributed by atoms with van der Waals surface area (Å²) < 4.78 is 48.8. The van der Waals surface area contributed by atoms with Crippen LogP contribution in [0.1, 0.15) is 31.9 Å². The van der Waals surface area contributed by atoms with E-state index < -0.39 is 24.5 Å². The van der Waals surface area contributed by atoms with E-state index in [0.717, 1.165) is 0 Å². The molecule has 0 saturated carbocycles. The van der Waals surface area contributed by atoms with Gasteiger partial charge in [-0.25, -0.2) is 4.79 Å². The van der Waals surface area contributed by atoms with Gasteiger partial charge in [0.25, 0.3) is 0 Å². The molecule has 128 valence electrons. The van der Waals surface area contributed by atoms with Gasteiger partial charge in [-0.3, -0.25) is 0 Å². The summed E-state index contributed by atoms with van der Waals surface area (Å²) in [6.45, 7) is 5.63. The summed E-state index contributed by atoms with van der Waals surface area (Å²) in [6.07, 6.45) is -10.8. The van der Waals surface area contributed by atoms with Crippen LogP contribution in [0.15, 0.2) is 12.1 Å². The minimum absolute atomic E-state index is 0.0480. The molecule has 0 amide bonds. The van der Waals surface area contributed by atoms with Crippen molar-refractivity contribution in [3.63, 3.8) is 0 Å². The first-order chi connectivity index (χ1) is 10.4. The lowest BCUT2D eigenvalue weighted by atomic mass is 9.85. The van der Waals surface area contributed by atoms with Crippen LogP contribution in [0.4, 0.5) is 18.0 Å². The normalized spacial score (nSPS) is 21.3. The van der Waals surface area contributed by atoms with Gasteiger partial charge in [0.15, 0.2) is 6.10 Å². The highest BCUT2D eigenvalue weighted by Crippen LogP contribution is 2.41. The topological polar surface area (TPSA) is 55.8 Å². The third-order valence-corrected chi connectivity index (χ3v) is 3.86. The minimum Gasteiger partial charge on any atom is -0.477 e. The Hall–Kier alpha value is -1.63. The number of hydrogen-bond donors (Lipinski definition) is 1. The molecule has 0 spiro atoms. The second kappa shape index (κ2) is 5.78. The average molecular weight is 353 g/mol. The molecule has 0 saturated heterocycles. The van der Waals surface area contributed by atoms with Crippen LogP contribution in [0, 0.1) is 0 Å². The zero-order valence-electron chi connectivity index (χ0n) is 12.7. The fraction of sp³-hybridized carbons (Fsp3) is 0.533. The Labute approximate surface area is 136 Å². The minimum atomic E-state index is -4.75. The number of carbonyl (C=O) groups is 1. The van der Waals surface area contributed by atoms with Gasteiger partial charge in [-0.05, 0) is 28.7 Å². The molecule has 0 unspecified atom stereocenters. The number of rotatable bonds is 1. The summed E-state index contributed by atoms with van der Waals surface area (Å²) >= 11 is 6.19. The smallest absolute Gasteiger partial charge is 0.477 e. The molecule has 0 fully saturated rings. The van der Waals surface area contributed by atoms with Crippen LogP contribution < -0.4 is 4.74 Å². The Kier molecular flexibility index (Phi) is 4.45. The largest absolute Gasteiger partial charge is 0.506 e. The number of fused-ring (bicyclic) bond motifs is 1. The van der Waals surface area contributed by atoms with E-state index in [1.54, 1.807) is 0 Å². The molecule has 4 nitrogen and oxygen atoms in total. The summed E-state index contributed by atoms with van der Waals surface area (Å²) in [4.78, 5) is 10.6. The first-order valence-corrected chi connectivity index (χ1v) is 7.23. The molecule has 1 heterocycles. The van der Waals surface area contributed by atoms with Crippen molar-refractivity contribution < 1.29 is 32.5 Å². The van der Waals surface area contributed by atoms with E-state index in [4.69, 9.17) is 21.4 Å². The first-order valence-electron chi connectivity index (χ1n) is 6.85. The molecule has 23 heavy (non-hydrogen) atoms. The number of halogens is 4. The maximum atomic E-state index is 13.1. The number of ether oxygens (including phenoxy) is 2. The highest BCUT2D eigenvalue weighted by molar-refractivity contribution is 6.31. The van der Waals surface area contributed by atoms with Crippen LogP contribution in [0.5, 0.6) is 5.75 Å². The standard InChI is InChI=1S/C15H16ClF3O4/c1-14(2,3)8-6-10-7(4-9(8)16)5-11(23-13(20)21)12(22-10)15(17,18)19/h4,6,11-12H,5H2,1-3H3,(H,20,21)/t11-,12+/m1/s1. The van der Waals surface area contributed by atoms with Gasteiger partial charge in [0.1, 0.15) is 5.75 Å². The van der Waals surface area contributed by atoms with E-state index in [9.17, 15) is 18.0 Å². The Morgan fingerprint density at radius 2 is 1.96 bits per heavy atom. The Morgan fingerprint density at radius 3 is 2.43 bits per heavy atom. The lowest BCUT2D eigenvalue weighted by Crippen LogP contribution is -2.49. The third kappa shape index (κ3) is 3.83. The molecule has 0 aromatic heterocycles. The van der Waals surface area contributed by atoms with Crippen molar-refractivity contribution in [1.29, 1.82) is 0 Å². The molecule has 1 aliphatic rings. The van der Waals surface area contributed by atoms with Gasteiger partial charge in [-0.15, -0.1) is 0 Å². The van der Waals surface area contributed by atoms with Gasteiger partial charge in [0.2, 0.25) is 6.10 Å². The fourth-order valence-corrected chi connectivity index (χ4v) is 2.96. The second-order valence-corrected chi connectivity index (χ2v) is 6.80. The number of hydrogen-bond acceptors (Lipinski definition) is 3. The molecule has 1 N–H and O–H groups in total. The van der Waals surface area contributed by atoms with E-state index in [1.165, 1.54) is 12.1 Å².